The summed E-state index contributed by atoms with van der Waals surface area (Å²) in [6.45, 7) is 5.47. The van der Waals surface area contributed by atoms with Crippen LogP contribution in [0.15, 0.2) is 36.4 Å². The SMILES string of the molecule is CC(=O)c1ccc(-c2cc(C)c(C=O)cc2C)cc1. The lowest BCUT2D eigenvalue weighted by Gasteiger charge is -2.10. The summed E-state index contributed by atoms with van der Waals surface area (Å²) in [5, 5.41) is 0. The Balaban J connectivity index is 2.49. The summed E-state index contributed by atoms with van der Waals surface area (Å²) in [5.74, 6) is 0.0655. The van der Waals surface area contributed by atoms with Crippen molar-refractivity contribution in [2.45, 2.75) is 20.8 Å². The molecule has 2 aromatic rings. The van der Waals surface area contributed by atoms with Crippen LogP contribution < -0.4 is 0 Å². The van der Waals surface area contributed by atoms with E-state index in [4.69, 9.17) is 0 Å². The number of Topliss-reactive ketones (excluding diaryl/α,β-unsaturated/α-hetero) is 1. The standard InChI is InChI=1S/C17H16O2/c1-11-9-17(12(2)8-16(11)10-18)15-6-4-14(5-7-15)13(3)19/h4-10H,1-3H3. The predicted molar refractivity (Wildman–Crippen MR) is 76.7 cm³/mol. The van der Waals surface area contributed by atoms with Gasteiger partial charge in [-0.3, -0.25) is 9.59 Å². The van der Waals surface area contributed by atoms with Gasteiger partial charge in [-0.25, -0.2) is 0 Å². The molecule has 96 valence electrons. The fraction of sp³-hybridized carbons (Fsp3) is 0.176. The number of hydrogen-bond donors (Lipinski definition) is 0. The lowest BCUT2D eigenvalue weighted by molar-refractivity contribution is 0.101. The van der Waals surface area contributed by atoms with Gasteiger partial charge in [0.2, 0.25) is 0 Å². The van der Waals surface area contributed by atoms with Crippen LogP contribution in [-0.2, 0) is 0 Å². The van der Waals surface area contributed by atoms with E-state index in [-0.39, 0.29) is 5.78 Å². The number of carbonyl (C=O) groups excluding carboxylic acids is 2. The fourth-order valence-corrected chi connectivity index (χ4v) is 2.16. The van der Waals surface area contributed by atoms with Crippen LogP contribution in [0.5, 0.6) is 0 Å². The van der Waals surface area contributed by atoms with Crippen LogP contribution in [-0.4, -0.2) is 12.1 Å². The zero-order chi connectivity index (χ0) is 14.0. The van der Waals surface area contributed by atoms with Gasteiger partial charge in [0.1, 0.15) is 6.29 Å². The number of hydrogen-bond acceptors (Lipinski definition) is 2. The Morgan fingerprint density at radius 2 is 1.63 bits per heavy atom. The van der Waals surface area contributed by atoms with Crippen molar-refractivity contribution < 1.29 is 9.59 Å². The van der Waals surface area contributed by atoms with Crippen LogP contribution in [0.2, 0.25) is 0 Å². The van der Waals surface area contributed by atoms with Crippen LogP contribution in [0.4, 0.5) is 0 Å². The van der Waals surface area contributed by atoms with Crippen LogP contribution in [0.1, 0.15) is 38.8 Å². The maximum Gasteiger partial charge on any atom is 0.159 e. The van der Waals surface area contributed by atoms with Crippen molar-refractivity contribution in [3.05, 3.63) is 58.7 Å². The monoisotopic (exact) mass is 252 g/mol. The zero-order valence-electron chi connectivity index (χ0n) is 11.4. The van der Waals surface area contributed by atoms with E-state index >= 15 is 0 Å². The second-order valence-corrected chi connectivity index (χ2v) is 4.78. The molecule has 0 atom stereocenters. The van der Waals surface area contributed by atoms with Crippen molar-refractivity contribution in [1.29, 1.82) is 0 Å². The molecule has 0 N–H and O–H groups in total. The first-order chi connectivity index (χ1) is 9.02. The lowest BCUT2D eigenvalue weighted by atomic mass is 9.94. The molecule has 0 aliphatic heterocycles. The first kappa shape index (κ1) is 13.2. The second kappa shape index (κ2) is 5.19. The molecule has 0 aliphatic carbocycles. The normalized spacial score (nSPS) is 10.3. The highest BCUT2D eigenvalue weighted by molar-refractivity contribution is 5.94. The largest absolute Gasteiger partial charge is 0.298 e. The maximum atomic E-state index is 11.3. The molecule has 2 heteroatoms. The number of carbonyl (C=O) groups is 2. The minimum absolute atomic E-state index is 0.0655. The van der Waals surface area contributed by atoms with Gasteiger partial charge in [-0.1, -0.05) is 30.3 Å². The highest BCUT2D eigenvalue weighted by Crippen LogP contribution is 2.26. The topological polar surface area (TPSA) is 34.1 Å². The van der Waals surface area contributed by atoms with Gasteiger partial charge in [-0.15, -0.1) is 0 Å². The minimum atomic E-state index is 0.0655. The van der Waals surface area contributed by atoms with Gasteiger partial charge >= 0.3 is 0 Å². The molecule has 19 heavy (non-hydrogen) atoms. The number of benzene rings is 2. The van der Waals surface area contributed by atoms with Crippen molar-refractivity contribution in [3.8, 4) is 11.1 Å². The second-order valence-electron chi connectivity index (χ2n) is 4.78. The van der Waals surface area contributed by atoms with Gasteiger partial charge in [0.15, 0.2) is 5.78 Å². The number of rotatable bonds is 3. The molecular formula is C17H16O2. The van der Waals surface area contributed by atoms with E-state index < -0.39 is 0 Å². The number of aldehydes is 1. The Morgan fingerprint density at radius 3 is 2.16 bits per heavy atom. The van der Waals surface area contributed by atoms with Crippen molar-refractivity contribution in [1.82, 2.24) is 0 Å². The van der Waals surface area contributed by atoms with Gasteiger partial charge in [-0.2, -0.15) is 0 Å². The summed E-state index contributed by atoms with van der Waals surface area (Å²) in [6, 6.07) is 11.5. The van der Waals surface area contributed by atoms with Crippen LogP contribution >= 0.6 is 0 Å². The molecule has 0 saturated carbocycles. The first-order valence-electron chi connectivity index (χ1n) is 6.20. The van der Waals surface area contributed by atoms with Crippen molar-refractivity contribution in [3.63, 3.8) is 0 Å². The molecule has 0 aromatic heterocycles. The molecular weight excluding hydrogens is 236 g/mol. The van der Waals surface area contributed by atoms with Crippen LogP contribution in [0.25, 0.3) is 11.1 Å². The Labute approximate surface area is 113 Å². The predicted octanol–water partition coefficient (Wildman–Crippen LogP) is 3.99. The van der Waals surface area contributed by atoms with Gasteiger partial charge < -0.3 is 0 Å². The number of aryl methyl sites for hydroxylation is 2. The molecule has 0 bridgehead atoms. The smallest absolute Gasteiger partial charge is 0.159 e. The minimum Gasteiger partial charge on any atom is -0.298 e. The summed E-state index contributed by atoms with van der Waals surface area (Å²) in [5.41, 5.74) is 5.61. The summed E-state index contributed by atoms with van der Waals surface area (Å²) in [7, 11) is 0. The van der Waals surface area contributed by atoms with Gasteiger partial charge in [0, 0.05) is 11.1 Å². The van der Waals surface area contributed by atoms with E-state index in [1.54, 1.807) is 6.92 Å². The Kier molecular flexibility index (Phi) is 3.61. The third kappa shape index (κ3) is 2.63. The summed E-state index contributed by atoms with van der Waals surface area (Å²) < 4.78 is 0. The molecule has 2 nitrogen and oxygen atoms in total. The van der Waals surface area contributed by atoms with E-state index in [0.717, 1.165) is 34.1 Å². The molecule has 0 radical (unpaired) electrons. The summed E-state index contributed by atoms with van der Waals surface area (Å²) in [4.78, 5) is 22.2. The highest BCUT2D eigenvalue weighted by Gasteiger charge is 2.07. The summed E-state index contributed by atoms with van der Waals surface area (Å²) >= 11 is 0. The zero-order valence-corrected chi connectivity index (χ0v) is 11.4. The molecule has 0 amide bonds. The average molecular weight is 252 g/mol. The van der Waals surface area contributed by atoms with Crippen LogP contribution in [0.3, 0.4) is 0 Å². The Hall–Kier alpha value is -2.22. The third-order valence-electron chi connectivity index (χ3n) is 3.34. The Morgan fingerprint density at radius 1 is 1.00 bits per heavy atom. The number of ketones is 1. The Bertz CT molecular complexity index is 637. The summed E-state index contributed by atoms with van der Waals surface area (Å²) in [6.07, 6.45) is 0.880. The highest BCUT2D eigenvalue weighted by atomic mass is 16.1. The average Bonchev–Trinajstić information content (AvgIpc) is 2.41. The quantitative estimate of drug-likeness (QED) is 0.611. The fourth-order valence-electron chi connectivity index (χ4n) is 2.16. The van der Waals surface area contributed by atoms with Crippen molar-refractivity contribution in [2.75, 3.05) is 0 Å². The van der Waals surface area contributed by atoms with E-state index in [9.17, 15) is 9.59 Å². The lowest BCUT2D eigenvalue weighted by Crippen LogP contribution is -1.94. The molecule has 0 unspecified atom stereocenters. The van der Waals surface area contributed by atoms with Gasteiger partial charge in [-0.05, 0) is 49.1 Å². The van der Waals surface area contributed by atoms with E-state index in [1.165, 1.54) is 0 Å². The molecule has 2 rings (SSSR count). The van der Waals surface area contributed by atoms with E-state index in [1.807, 2.05) is 50.2 Å². The van der Waals surface area contributed by atoms with Crippen LogP contribution in [0, 0.1) is 13.8 Å². The van der Waals surface area contributed by atoms with E-state index in [0.29, 0.717) is 5.56 Å². The van der Waals surface area contributed by atoms with Crippen molar-refractivity contribution in [2.24, 2.45) is 0 Å². The van der Waals surface area contributed by atoms with E-state index in [2.05, 4.69) is 0 Å². The third-order valence-corrected chi connectivity index (χ3v) is 3.34. The molecule has 2 aromatic carbocycles. The first-order valence-corrected chi connectivity index (χ1v) is 6.20. The molecule has 0 aliphatic rings. The van der Waals surface area contributed by atoms with Gasteiger partial charge in [0.25, 0.3) is 0 Å². The molecule has 0 fully saturated rings. The molecule has 0 heterocycles. The molecule has 0 saturated heterocycles. The van der Waals surface area contributed by atoms with Gasteiger partial charge in [0.05, 0.1) is 0 Å². The molecule has 0 spiro atoms. The maximum absolute atomic E-state index is 11.3. The van der Waals surface area contributed by atoms with Crippen molar-refractivity contribution >= 4 is 12.1 Å².